The highest BCUT2D eigenvalue weighted by Gasteiger charge is 2.10. The number of likely N-dealkylation sites (N-methyl/N-ethyl adjacent to an activating group) is 1. The van der Waals surface area contributed by atoms with E-state index in [1.54, 1.807) is 36.4 Å². The number of nitrogens with zero attached hydrogens (tertiary/aromatic N) is 3. The summed E-state index contributed by atoms with van der Waals surface area (Å²) in [4.78, 5) is 18.0. The van der Waals surface area contributed by atoms with Crippen molar-refractivity contribution in [3.63, 3.8) is 0 Å². The van der Waals surface area contributed by atoms with Crippen LogP contribution in [0.15, 0.2) is 54.7 Å². The zero-order chi connectivity index (χ0) is 17.1. The molecule has 0 saturated heterocycles. The minimum atomic E-state index is -0.0583. The van der Waals surface area contributed by atoms with Crippen molar-refractivity contribution in [3.8, 4) is 0 Å². The highest BCUT2D eigenvalue weighted by atomic mass is 16.2. The first kappa shape index (κ1) is 15.8. The van der Waals surface area contributed by atoms with Crippen LogP contribution in [0, 0.1) is 0 Å². The first-order valence-electron chi connectivity index (χ1n) is 7.72. The Morgan fingerprint density at radius 1 is 1.29 bits per heavy atom. The highest BCUT2D eigenvalue weighted by molar-refractivity contribution is 5.91. The van der Waals surface area contributed by atoms with Crippen LogP contribution in [0.4, 0.5) is 5.82 Å². The number of fused-ring (bicyclic) bond motifs is 1. The van der Waals surface area contributed by atoms with Gasteiger partial charge in [-0.2, -0.15) is 0 Å². The molecule has 0 radical (unpaired) electrons. The number of anilines is 1. The monoisotopic (exact) mass is 320 g/mol. The molecule has 2 aromatic heterocycles. The molecule has 24 heavy (non-hydrogen) atoms. The molecule has 0 fully saturated rings. The molecular weight excluding hydrogens is 300 g/mol. The van der Waals surface area contributed by atoms with Crippen LogP contribution in [-0.4, -0.2) is 27.4 Å². The third kappa shape index (κ3) is 3.30. The van der Waals surface area contributed by atoms with Crippen LogP contribution < -0.4 is 5.73 Å². The number of para-hydroxylation sites is 1. The van der Waals surface area contributed by atoms with Gasteiger partial charge >= 0.3 is 0 Å². The summed E-state index contributed by atoms with van der Waals surface area (Å²) in [6.07, 6.45) is 4.94. The summed E-state index contributed by atoms with van der Waals surface area (Å²) < 4.78 is 2.12. The number of carbonyl (C=O) groups is 1. The number of nitrogens with two attached hydrogens (primary N) is 1. The van der Waals surface area contributed by atoms with Gasteiger partial charge in [0.1, 0.15) is 5.82 Å². The van der Waals surface area contributed by atoms with Gasteiger partial charge < -0.3 is 15.2 Å². The lowest BCUT2D eigenvalue weighted by atomic mass is 10.2. The molecule has 5 heteroatoms. The molecule has 0 spiro atoms. The lowest BCUT2D eigenvalue weighted by molar-refractivity contribution is -0.125. The normalized spacial score (nSPS) is 11.2. The first-order valence-corrected chi connectivity index (χ1v) is 7.72. The summed E-state index contributed by atoms with van der Waals surface area (Å²) in [5, 5.41) is 1.18. The maximum absolute atomic E-state index is 12.3. The van der Waals surface area contributed by atoms with Crippen LogP contribution in [-0.2, 0) is 18.4 Å². The molecule has 0 unspecified atom stereocenters. The molecule has 1 amide bonds. The van der Waals surface area contributed by atoms with Crippen molar-refractivity contribution in [3.05, 3.63) is 66.0 Å². The van der Waals surface area contributed by atoms with Gasteiger partial charge in [0.15, 0.2) is 0 Å². The van der Waals surface area contributed by atoms with Crippen LogP contribution in [0.5, 0.6) is 0 Å². The second-order valence-electron chi connectivity index (χ2n) is 5.80. The Morgan fingerprint density at radius 2 is 2.08 bits per heavy atom. The fourth-order valence-corrected chi connectivity index (χ4v) is 2.63. The standard InChI is InChI=1S/C19H20N4O/c1-22(19(24)10-8-14-7-9-18(20)21-12-14)13-16-11-15-5-3-4-6-17(15)23(16)2/h3-12H,13H2,1-2H3,(H2,20,21)/b10-8+. The number of nitrogen functional groups attached to an aromatic ring is 1. The number of benzene rings is 1. The van der Waals surface area contributed by atoms with Gasteiger partial charge in [-0.25, -0.2) is 4.98 Å². The maximum Gasteiger partial charge on any atom is 0.246 e. The Labute approximate surface area is 141 Å². The molecule has 2 heterocycles. The molecule has 5 nitrogen and oxygen atoms in total. The van der Waals surface area contributed by atoms with Gasteiger partial charge in [0.2, 0.25) is 5.91 Å². The van der Waals surface area contributed by atoms with Gasteiger partial charge in [-0.1, -0.05) is 18.2 Å². The van der Waals surface area contributed by atoms with Crippen molar-refractivity contribution >= 4 is 28.7 Å². The van der Waals surface area contributed by atoms with Crippen LogP contribution >= 0.6 is 0 Å². The van der Waals surface area contributed by atoms with E-state index in [1.165, 1.54) is 5.39 Å². The van der Waals surface area contributed by atoms with E-state index in [4.69, 9.17) is 5.73 Å². The summed E-state index contributed by atoms with van der Waals surface area (Å²) in [6, 6.07) is 13.9. The zero-order valence-electron chi connectivity index (χ0n) is 13.8. The van der Waals surface area contributed by atoms with Crippen molar-refractivity contribution in [2.75, 3.05) is 12.8 Å². The number of hydrogen-bond acceptors (Lipinski definition) is 3. The third-order valence-electron chi connectivity index (χ3n) is 4.05. The molecule has 0 bridgehead atoms. The summed E-state index contributed by atoms with van der Waals surface area (Å²) in [5.74, 6) is 0.406. The van der Waals surface area contributed by atoms with Crippen LogP contribution in [0.25, 0.3) is 17.0 Å². The highest BCUT2D eigenvalue weighted by Crippen LogP contribution is 2.19. The molecule has 1 aromatic carbocycles. The quantitative estimate of drug-likeness (QED) is 0.752. The number of pyridine rings is 1. The van der Waals surface area contributed by atoms with Gasteiger partial charge in [-0.15, -0.1) is 0 Å². The maximum atomic E-state index is 12.3. The molecule has 3 rings (SSSR count). The average molecular weight is 320 g/mol. The minimum Gasteiger partial charge on any atom is -0.384 e. The minimum absolute atomic E-state index is 0.0583. The topological polar surface area (TPSA) is 64.2 Å². The van der Waals surface area contributed by atoms with Crippen molar-refractivity contribution in [2.24, 2.45) is 7.05 Å². The largest absolute Gasteiger partial charge is 0.384 e. The number of aromatic nitrogens is 2. The Bertz CT molecular complexity index is 893. The van der Waals surface area contributed by atoms with Gasteiger partial charge in [0.25, 0.3) is 0 Å². The second-order valence-corrected chi connectivity index (χ2v) is 5.80. The van der Waals surface area contributed by atoms with Crippen molar-refractivity contribution in [1.29, 1.82) is 0 Å². The van der Waals surface area contributed by atoms with Crippen molar-refractivity contribution < 1.29 is 4.79 Å². The number of hydrogen-bond donors (Lipinski definition) is 1. The molecule has 0 aliphatic heterocycles. The van der Waals surface area contributed by atoms with Crippen molar-refractivity contribution in [2.45, 2.75) is 6.54 Å². The van der Waals surface area contributed by atoms with Crippen LogP contribution in [0.3, 0.4) is 0 Å². The summed E-state index contributed by atoms with van der Waals surface area (Å²) in [5.41, 5.74) is 8.65. The predicted octanol–water partition coefficient (Wildman–Crippen LogP) is 2.83. The molecular formula is C19H20N4O. The predicted molar refractivity (Wildman–Crippen MR) is 97.1 cm³/mol. The van der Waals surface area contributed by atoms with Gasteiger partial charge in [-0.05, 0) is 41.3 Å². The number of aryl methyl sites for hydroxylation is 1. The molecule has 0 aliphatic carbocycles. The summed E-state index contributed by atoms with van der Waals surface area (Å²) >= 11 is 0. The second kappa shape index (κ2) is 6.58. The van der Waals surface area contributed by atoms with E-state index in [0.29, 0.717) is 12.4 Å². The van der Waals surface area contributed by atoms with Gasteiger partial charge in [0, 0.05) is 37.6 Å². The number of amides is 1. The average Bonchev–Trinajstić information content (AvgIpc) is 2.90. The Balaban J connectivity index is 1.71. The molecule has 0 aliphatic rings. The van der Waals surface area contributed by atoms with Crippen LogP contribution in [0.1, 0.15) is 11.3 Å². The molecule has 3 aromatic rings. The fourth-order valence-electron chi connectivity index (χ4n) is 2.63. The van der Waals surface area contributed by atoms with E-state index in [9.17, 15) is 4.79 Å². The number of rotatable bonds is 4. The van der Waals surface area contributed by atoms with E-state index in [0.717, 1.165) is 16.8 Å². The van der Waals surface area contributed by atoms with E-state index in [1.807, 2.05) is 25.2 Å². The lowest BCUT2D eigenvalue weighted by Crippen LogP contribution is -2.25. The molecule has 0 saturated carbocycles. The smallest absolute Gasteiger partial charge is 0.246 e. The zero-order valence-corrected chi connectivity index (χ0v) is 13.8. The van der Waals surface area contributed by atoms with E-state index >= 15 is 0 Å². The fraction of sp³-hybridized carbons (Fsp3) is 0.158. The summed E-state index contributed by atoms with van der Waals surface area (Å²) in [6.45, 7) is 0.550. The van der Waals surface area contributed by atoms with E-state index in [-0.39, 0.29) is 5.91 Å². The van der Waals surface area contributed by atoms with Gasteiger partial charge in [0.05, 0.1) is 6.54 Å². The first-order chi connectivity index (χ1) is 11.5. The Kier molecular flexibility index (Phi) is 4.33. The van der Waals surface area contributed by atoms with Gasteiger partial charge in [-0.3, -0.25) is 4.79 Å². The molecule has 0 atom stereocenters. The number of carbonyl (C=O) groups excluding carboxylic acids is 1. The van der Waals surface area contributed by atoms with E-state index < -0.39 is 0 Å². The van der Waals surface area contributed by atoms with Crippen LogP contribution in [0.2, 0.25) is 0 Å². The Hall–Kier alpha value is -3.08. The third-order valence-corrected chi connectivity index (χ3v) is 4.05. The molecule has 2 N–H and O–H groups in total. The lowest BCUT2D eigenvalue weighted by Gasteiger charge is -2.15. The molecule has 122 valence electrons. The van der Waals surface area contributed by atoms with Crippen molar-refractivity contribution in [1.82, 2.24) is 14.5 Å². The summed E-state index contributed by atoms with van der Waals surface area (Å²) in [7, 11) is 3.82. The SMILES string of the molecule is CN(Cc1cc2ccccc2n1C)C(=O)/C=C/c1ccc(N)nc1. The Morgan fingerprint density at radius 3 is 2.79 bits per heavy atom. The van der Waals surface area contributed by atoms with E-state index in [2.05, 4.69) is 27.8 Å².